The number of rotatable bonds is 5. The van der Waals surface area contributed by atoms with Crippen LogP contribution in [-0.2, 0) is 5.41 Å². The summed E-state index contributed by atoms with van der Waals surface area (Å²) < 4.78 is 29.8. The third-order valence-electron chi connectivity index (χ3n) is 4.21. The van der Waals surface area contributed by atoms with Crippen molar-refractivity contribution in [3.63, 3.8) is 0 Å². The van der Waals surface area contributed by atoms with Crippen LogP contribution < -0.4 is 4.74 Å². The van der Waals surface area contributed by atoms with Gasteiger partial charge in [0.1, 0.15) is 5.75 Å². The number of ether oxygens (including phenoxy) is 1. The molecule has 106 valence electrons. The van der Waals surface area contributed by atoms with Gasteiger partial charge in [0.25, 0.3) is 0 Å². The van der Waals surface area contributed by atoms with Crippen LogP contribution in [-0.4, -0.2) is 6.61 Å². The summed E-state index contributed by atoms with van der Waals surface area (Å²) in [5.41, 5.74) is 1.02. The van der Waals surface area contributed by atoms with Gasteiger partial charge in [-0.05, 0) is 30.7 Å². The van der Waals surface area contributed by atoms with Gasteiger partial charge in [-0.2, -0.15) is 8.78 Å². The fraction of sp³-hybridized carbons (Fsp3) is 0.625. The van der Waals surface area contributed by atoms with Crippen LogP contribution in [0.25, 0.3) is 0 Å². The largest absolute Gasteiger partial charge is 0.435 e. The van der Waals surface area contributed by atoms with Crippen LogP contribution >= 0.6 is 0 Å². The summed E-state index contributed by atoms with van der Waals surface area (Å²) in [5, 5.41) is 0. The van der Waals surface area contributed by atoms with Gasteiger partial charge in [0, 0.05) is 5.56 Å². The van der Waals surface area contributed by atoms with Gasteiger partial charge in [0.05, 0.1) is 0 Å². The Hall–Kier alpha value is -1.12. The van der Waals surface area contributed by atoms with Crippen molar-refractivity contribution in [2.45, 2.75) is 63.9 Å². The number of alkyl halides is 2. The van der Waals surface area contributed by atoms with Crippen LogP contribution in [0.4, 0.5) is 8.78 Å². The van der Waals surface area contributed by atoms with E-state index in [9.17, 15) is 8.78 Å². The number of benzene rings is 1. The average molecular weight is 268 g/mol. The van der Waals surface area contributed by atoms with E-state index >= 15 is 0 Å². The summed E-state index contributed by atoms with van der Waals surface area (Å²) in [6, 6.07) is 7.34. The molecule has 0 atom stereocenters. The molecule has 0 amide bonds. The van der Waals surface area contributed by atoms with Gasteiger partial charge >= 0.3 is 6.61 Å². The van der Waals surface area contributed by atoms with E-state index in [1.807, 2.05) is 12.1 Å². The Balaban J connectivity index is 2.35. The Morgan fingerprint density at radius 1 is 1.16 bits per heavy atom. The summed E-state index contributed by atoms with van der Waals surface area (Å²) in [4.78, 5) is 0. The molecule has 1 saturated carbocycles. The quantitative estimate of drug-likeness (QED) is 0.705. The van der Waals surface area contributed by atoms with E-state index in [4.69, 9.17) is 4.74 Å². The fourth-order valence-electron chi connectivity index (χ4n) is 3.46. The van der Waals surface area contributed by atoms with E-state index in [1.165, 1.54) is 19.3 Å². The van der Waals surface area contributed by atoms with Crippen molar-refractivity contribution in [3.05, 3.63) is 29.8 Å². The number of hydrogen-bond acceptors (Lipinski definition) is 1. The van der Waals surface area contributed by atoms with Gasteiger partial charge in [-0.3, -0.25) is 0 Å². The molecule has 1 aromatic carbocycles. The van der Waals surface area contributed by atoms with E-state index in [0.717, 1.165) is 31.2 Å². The molecule has 0 radical (unpaired) electrons. The highest BCUT2D eigenvalue weighted by Crippen LogP contribution is 2.46. The first kappa shape index (κ1) is 14.3. The van der Waals surface area contributed by atoms with Crippen LogP contribution in [0.5, 0.6) is 5.75 Å². The summed E-state index contributed by atoms with van der Waals surface area (Å²) in [5.74, 6) is 0.368. The molecule has 0 heterocycles. The van der Waals surface area contributed by atoms with Crippen LogP contribution in [0, 0.1) is 0 Å². The normalized spacial score (nSPS) is 18.5. The second kappa shape index (κ2) is 6.36. The van der Waals surface area contributed by atoms with Crippen LogP contribution in [0.1, 0.15) is 57.4 Å². The summed E-state index contributed by atoms with van der Waals surface area (Å²) >= 11 is 0. The zero-order valence-electron chi connectivity index (χ0n) is 11.5. The van der Waals surface area contributed by atoms with E-state index in [-0.39, 0.29) is 5.41 Å². The molecule has 3 heteroatoms. The number of para-hydroxylation sites is 1. The van der Waals surface area contributed by atoms with Crippen molar-refractivity contribution in [1.29, 1.82) is 0 Å². The van der Waals surface area contributed by atoms with Crippen molar-refractivity contribution >= 4 is 0 Å². The predicted octanol–water partition coefficient (Wildman–Crippen LogP) is 5.29. The minimum Gasteiger partial charge on any atom is -0.435 e. The van der Waals surface area contributed by atoms with E-state index < -0.39 is 6.61 Å². The lowest BCUT2D eigenvalue weighted by molar-refractivity contribution is -0.0513. The van der Waals surface area contributed by atoms with E-state index in [1.54, 1.807) is 12.1 Å². The summed E-state index contributed by atoms with van der Waals surface area (Å²) in [6.45, 7) is -0.587. The first-order valence-electron chi connectivity index (χ1n) is 7.22. The molecule has 0 bridgehead atoms. The second-order valence-electron chi connectivity index (χ2n) is 5.47. The first-order valence-corrected chi connectivity index (χ1v) is 7.22. The maximum Gasteiger partial charge on any atom is 0.387 e. The Kier molecular flexibility index (Phi) is 4.78. The summed E-state index contributed by atoms with van der Waals surface area (Å²) in [7, 11) is 0. The Bertz CT molecular complexity index is 392. The molecule has 1 nitrogen and oxygen atoms in total. The molecule has 2 rings (SSSR count). The molecule has 1 aliphatic carbocycles. The number of halogens is 2. The van der Waals surface area contributed by atoms with E-state index in [0.29, 0.717) is 5.75 Å². The topological polar surface area (TPSA) is 9.23 Å². The van der Waals surface area contributed by atoms with Gasteiger partial charge in [-0.15, -0.1) is 0 Å². The molecular weight excluding hydrogens is 246 g/mol. The van der Waals surface area contributed by atoms with Crippen molar-refractivity contribution in [1.82, 2.24) is 0 Å². The monoisotopic (exact) mass is 268 g/mol. The highest BCUT2D eigenvalue weighted by atomic mass is 19.3. The van der Waals surface area contributed by atoms with Gasteiger partial charge in [-0.25, -0.2) is 0 Å². The Morgan fingerprint density at radius 2 is 1.84 bits per heavy atom. The fourth-order valence-corrected chi connectivity index (χ4v) is 3.46. The maximum absolute atomic E-state index is 12.6. The molecule has 0 N–H and O–H groups in total. The Morgan fingerprint density at radius 3 is 2.47 bits per heavy atom. The van der Waals surface area contributed by atoms with Crippen molar-refractivity contribution in [2.75, 3.05) is 0 Å². The smallest absolute Gasteiger partial charge is 0.387 e. The maximum atomic E-state index is 12.6. The molecule has 1 aromatic rings. The van der Waals surface area contributed by atoms with Gasteiger partial charge in [0.2, 0.25) is 0 Å². The molecule has 0 spiro atoms. The zero-order valence-corrected chi connectivity index (χ0v) is 11.5. The highest BCUT2D eigenvalue weighted by molar-refractivity contribution is 5.40. The lowest BCUT2D eigenvalue weighted by atomic mass is 9.66. The number of hydrogen-bond donors (Lipinski definition) is 0. The first-order chi connectivity index (χ1) is 9.18. The van der Waals surface area contributed by atoms with Crippen molar-refractivity contribution < 1.29 is 13.5 Å². The lowest BCUT2D eigenvalue weighted by Crippen LogP contribution is -2.29. The van der Waals surface area contributed by atoms with Crippen LogP contribution in [0.2, 0.25) is 0 Å². The molecule has 1 fully saturated rings. The van der Waals surface area contributed by atoms with Crippen LogP contribution in [0.15, 0.2) is 24.3 Å². The molecular formula is C16H22F2O. The van der Waals surface area contributed by atoms with Gasteiger partial charge in [0.15, 0.2) is 0 Å². The SMILES string of the molecule is CCCC1(c2ccccc2OC(F)F)CCCCC1. The minimum atomic E-state index is -2.75. The second-order valence-corrected chi connectivity index (χ2v) is 5.47. The third kappa shape index (κ3) is 3.26. The molecule has 19 heavy (non-hydrogen) atoms. The standard InChI is InChI=1S/C16H22F2O/c1-2-10-16(11-6-3-7-12-16)13-8-4-5-9-14(13)19-15(17)18/h4-5,8-9,15H,2-3,6-7,10-12H2,1H3. The minimum absolute atomic E-state index is 0.0402. The molecule has 0 aliphatic heterocycles. The van der Waals surface area contributed by atoms with Crippen molar-refractivity contribution in [3.8, 4) is 5.75 Å². The zero-order chi connectivity index (χ0) is 13.7. The van der Waals surface area contributed by atoms with Gasteiger partial charge in [-0.1, -0.05) is 50.8 Å². The molecule has 0 saturated heterocycles. The third-order valence-corrected chi connectivity index (χ3v) is 4.21. The van der Waals surface area contributed by atoms with Crippen molar-refractivity contribution in [2.24, 2.45) is 0 Å². The molecule has 0 aromatic heterocycles. The predicted molar refractivity (Wildman–Crippen MR) is 72.7 cm³/mol. The molecule has 0 unspecified atom stereocenters. The molecule has 1 aliphatic rings. The lowest BCUT2D eigenvalue weighted by Gasteiger charge is -2.38. The Labute approximate surface area is 114 Å². The van der Waals surface area contributed by atoms with Gasteiger partial charge < -0.3 is 4.74 Å². The highest BCUT2D eigenvalue weighted by Gasteiger charge is 2.35. The average Bonchev–Trinajstić information content (AvgIpc) is 2.40. The van der Waals surface area contributed by atoms with Crippen LogP contribution in [0.3, 0.4) is 0 Å². The summed E-state index contributed by atoms with van der Waals surface area (Å²) in [6.07, 6.45) is 7.92. The van der Waals surface area contributed by atoms with E-state index in [2.05, 4.69) is 6.92 Å².